The second kappa shape index (κ2) is 12.0. The summed E-state index contributed by atoms with van der Waals surface area (Å²) in [5.74, 6) is 0. The first-order valence-corrected chi connectivity index (χ1v) is 6.37. The summed E-state index contributed by atoms with van der Waals surface area (Å²) in [7, 11) is 0. The number of hydrogen-bond acceptors (Lipinski definition) is 3. The number of rotatable bonds is 11. The first-order chi connectivity index (χ1) is 7.31. The van der Waals surface area contributed by atoms with Crippen molar-refractivity contribution >= 4 is 0 Å². The summed E-state index contributed by atoms with van der Waals surface area (Å²) < 4.78 is 0. The molecule has 1 unspecified atom stereocenters. The van der Waals surface area contributed by atoms with E-state index in [-0.39, 0.29) is 12.6 Å². The van der Waals surface area contributed by atoms with Crippen molar-refractivity contribution in [2.75, 3.05) is 13.2 Å². The maximum absolute atomic E-state index is 8.67. The van der Waals surface area contributed by atoms with Crippen molar-refractivity contribution < 1.29 is 5.11 Å². The number of nitrogens with two attached hydrogens (primary N) is 2. The molecule has 0 spiro atoms. The third-order valence-corrected chi connectivity index (χ3v) is 2.78. The van der Waals surface area contributed by atoms with Gasteiger partial charge in [0.2, 0.25) is 0 Å². The van der Waals surface area contributed by atoms with Gasteiger partial charge >= 0.3 is 0 Å². The van der Waals surface area contributed by atoms with Gasteiger partial charge < -0.3 is 16.6 Å². The Morgan fingerprint density at radius 2 is 1.33 bits per heavy atom. The Hall–Kier alpha value is -0.120. The predicted octanol–water partition coefficient (Wildman–Crippen LogP) is 1.78. The second-order valence-electron chi connectivity index (χ2n) is 4.32. The van der Waals surface area contributed by atoms with Crippen LogP contribution in [0.5, 0.6) is 0 Å². The lowest BCUT2D eigenvalue weighted by Gasteiger charge is -2.08. The van der Waals surface area contributed by atoms with Gasteiger partial charge in [-0.2, -0.15) is 0 Å². The van der Waals surface area contributed by atoms with Gasteiger partial charge in [-0.3, -0.25) is 0 Å². The van der Waals surface area contributed by atoms with E-state index in [1.165, 1.54) is 44.9 Å². The molecular weight excluding hydrogens is 188 g/mol. The molecule has 0 amide bonds. The van der Waals surface area contributed by atoms with E-state index in [1.807, 2.05) is 0 Å². The van der Waals surface area contributed by atoms with Crippen molar-refractivity contribution in [2.24, 2.45) is 11.5 Å². The maximum atomic E-state index is 8.67. The molecule has 0 aromatic heterocycles. The van der Waals surface area contributed by atoms with E-state index < -0.39 is 0 Å². The van der Waals surface area contributed by atoms with E-state index in [0.29, 0.717) is 0 Å². The first kappa shape index (κ1) is 14.9. The minimum absolute atomic E-state index is 0.201. The van der Waals surface area contributed by atoms with E-state index in [4.69, 9.17) is 16.6 Å². The van der Waals surface area contributed by atoms with Crippen LogP contribution >= 0.6 is 0 Å². The highest BCUT2D eigenvalue weighted by Gasteiger charge is 2.00. The van der Waals surface area contributed by atoms with Crippen molar-refractivity contribution in [1.82, 2.24) is 0 Å². The Balaban J connectivity index is 2.98. The average Bonchev–Trinajstić information content (AvgIpc) is 2.22. The molecule has 3 heteroatoms. The fourth-order valence-electron chi connectivity index (χ4n) is 1.74. The predicted molar refractivity (Wildman–Crippen MR) is 65.7 cm³/mol. The van der Waals surface area contributed by atoms with E-state index in [1.54, 1.807) is 0 Å². The van der Waals surface area contributed by atoms with Gasteiger partial charge in [0, 0.05) is 12.6 Å². The van der Waals surface area contributed by atoms with Crippen molar-refractivity contribution in [1.29, 1.82) is 0 Å². The topological polar surface area (TPSA) is 72.3 Å². The minimum atomic E-state index is 0.201. The average molecular weight is 216 g/mol. The molecule has 0 aromatic carbocycles. The molecule has 0 aromatic rings. The molecule has 0 saturated heterocycles. The lowest BCUT2D eigenvalue weighted by Crippen LogP contribution is -2.20. The zero-order valence-corrected chi connectivity index (χ0v) is 9.96. The van der Waals surface area contributed by atoms with Gasteiger partial charge in [-0.05, 0) is 25.8 Å². The highest BCUT2D eigenvalue weighted by molar-refractivity contribution is 4.60. The molecule has 0 rings (SSSR count). The third kappa shape index (κ3) is 11.8. The highest BCUT2D eigenvalue weighted by atomic mass is 16.3. The van der Waals surface area contributed by atoms with Crippen LogP contribution in [0, 0.1) is 0 Å². The van der Waals surface area contributed by atoms with Crippen LogP contribution in [0.15, 0.2) is 0 Å². The Morgan fingerprint density at radius 3 is 1.87 bits per heavy atom. The molecule has 5 N–H and O–H groups in total. The molecule has 0 bridgehead atoms. The van der Waals surface area contributed by atoms with Crippen molar-refractivity contribution in [2.45, 2.75) is 63.8 Å². The smallest absolute Gasteiger partial charge is 0.0445 e. The molecule has 0 aliphatic rings. The third-order valence-electron chi connectivity index (χ3n) is 2.78. The van der Waals surface area contributed by atoms with Crippen LogP contribution < -0.4 is 11.5 Å². The quantitative estimate of drug-likeness (QED) is 0.461. The van der Waals surface area contributed by atoms with Crippen molar-refractivity contribution in [3.05, 3.63) is 0 Å². The normalized spacial score (nSPS) is 13.0. The molecule has 0 fully saturated rings. The maximum Gasteiger partial charge on any atom is 0.0445 e. The Kier molecular flexibility index (Phi) is 11.9. The van der Waals surface area contributed by atoms with Gasteiger partial charge in [-0.25, -0.2) is 0 Å². The van der Waals surface area contributed by atoms with E-state index in [9.17, 15) is 0 Å². The van der Waals surface area contributed by atoms with Gasteiger partial charge in [0.25, 0.3) is 0 Å². The van der Waals surface area contributed by atoms with Crippen molar-refractivity contribution in [3.63, 3.8) is 0 Å². The molecule has 3 nitrogen and oxygen atoms in total. The lowest BCUT2D eigenvalue weighted by atomic mass is 10.0. The summed E-state index contributed by atoms with van der Waals surface area (Å²) in [6.07, 6.45) is 10.7. The van der Waals surface area contributed by atoms with E-state index >= 15 is 0 Å². The van der Waals surface area contributed by atoms with Gasteiger partial charge in [0.15, 0.2) is 0 Å². The second-order valence-corrected chi connectivity index (χ2v) is 4.32. The van der Waals surface area contributed by atoms with E-state index in [2.05, 4.69) is 0 Å². The van der Waals surface area contributed by atoms with Crippen LogP contribution in [0.2, 0.25) is 0 Å². The molecule has 92 valence electrons. The summed E-state index contributed by atoms with van der Waals surface area (Å²) in [6, 6.07) is 0.201. The van der Waals surface area contributed by atoms with Gasteiger partial charge in [-0.1, -0.05) is 38.5 Å². The lowest BCUT2D eigenvalue weighted by molar-refractivity contribution is 0.271. The van der Waals surface area contributed by atoms with Crippen LogP contribution in [-0.2, 0) is 0 Å². The van der Waals surface area contributed by atoms with Gasteiger partial charge in [-0.15, -0.1) is 0 Å². The standard InChI is InChI=1S/C12H28N2O/c13-10-7-5-3-1-2-4-6-8-12(14)9-11-15/h12,15H,1-11,13-14H2. The summed E-state index contributed by atoms with van der Waals surface area (Å²) in [6.45, 7) is 1.05. The van der Waals surface area contributed by atoms with Gasteiger partial charge in [0.1, 0.15) is 0 Å². The molecular formula is C12H28N2O. The molecule has 0 radical (unpaired) electrons. The minimum Gasteiger partial charge on any atom is -0.396 e. The van der Waals surface area contributed by atoms with E-state index in [0.717, 1.165) is 19.4 Å². The van der Waals surface area contributed by atoms with Crippen LogP contribution in [0.4, 0.5) is 0 Å². The number of hydrogen-bond donors (Lipinski definition) is 3. The Bertz CT molecular complexity index is 120. The molecule has 1 atom stereocenters. The molecule has 15 heavy (non-hydrogen) atoms. The molecule has 0 aliphatic carbocycles. The Morgan fingerprint density at radius 1 is 0.800 bits per heavy atom. The zero-order valence-electron chi connectivity index (χ0n) is 9.96. The monoisotopic (exact) mass is 216 g/mol. The summed E-state index contributed by atoms with van der Waals surface area (Å²) in [5.41, 5.74) is 11.2. The Labute approximate surface area is 94.2 Å². The number of unbranched alkanes of at least 4 members (excludes halogenated alkanes) is 6. The number of aliphatic hydroxyl groups is 1. The fraction of sp³-hybridized carbons (Fsp3) is 1.00. The first-order valence-electron chi connectivity index (χ1n) is 6.37. The molecule has 0 heterocycles. The van der Waals surface area contributed by atoms with Crippen molar-refractivity contribution in [3.8, 4) is 0 Å². The molecule has 0 aliphatic heterocycles. The summed E-state index contributed by atoms with van der Waals surface area (Å²) >= 11 is 0. The highest BCUT2D eigenvalue weighted by Crippen LogP contribution is 2.09. The largest absolute Gasteiger partial charge is 0.396 e. The van der Waals surface area contributed by atoms with Crippen LogP contribution in [0.1, 0.15) is 57.8 Å². The summed E-state index contributed by atoms with van der Waals surface area (Å²) in [5, 5.41) is 8.67. The number of aliphatic hydroxyl groups excluding tert-OH is 1. The molecule has 0 saturated carbocycles. The SMILES string of the molecule is NCCCCCCCCCC(N)CCO. The zero-order chi connectivity index (χ0) is 11.4. The van der Waals surface area contributed by atoms with Gasteiger partial charge in [0.05, 0.1) is 0 Å². The fourth-order valence-corrected chi connectivity index (χ4v) is 1.74. The van der Waals surface area contributed by atoms with Crippen LogP contribution in [0.25, 0.3) is 0 Å². The summed E-state index contributed by atoms with van der Waals surface area (Å²) in [4.78, 5) is 0. The van der Waals surface area contributed by atoms with Crippen LogP contribution in [-0.4, -0.2) is 24.3 Å². The van der Waals surface area contributed by atoms with Crippen LogP contribution in [0.3, 0.4) is 0 Å².